The van der Waals surface area contributed by atoms with Crippen LogP contribution in [-0.2, 0) is 0 Å². The molecule has 0 aliphatic heterocycles. The number of hydrogen-bond acceptors (Lipinski definition) is 4. The second kappa shape index (κ2) is 7.31. The standard InChI is InChI=1S/C17H18N2O4/c1-18-16(20)12-7-8-14(15(10-12)23-3)19-17(21)11-5-4-6-13(9-11)22-2/h4-10H,1-3H3,(H,18,20)(H,19,21). The van der Waals surface area contributed by atoms with E-state index in [1.165, 1.54) is 14.2 Å². The zero-order valence-electron chi connectivity index (χ0n) is 13.2. The van der Waals surface area contributed by atoms with Crippen LogP contribution in [-0.4, -0.2) is 33.1 Å². The van der Waals surface area contributed by atoms with E-state index in [2.05, 4.69) is 10.6 Å². The van der Waals surface area contributed by atoms with Crippen LogP contribution in [0.4, 0.5) is 5.69 Å². The fourth-order valence-electron chi connectivity index (χ4n) is 2.04. The fraction of sp³-hybridized carbons (Fsp3) is 0.176. The Morgan fingerprint density at radius 1 is 0.913 bits per heavy atom. The molecule has 0 fully saturated rings. The van der Waals surface area contributed by atoms with E-state index in [-0.39, 0.29) is 11.8 Å². The van der Waals surface area contributed by atoms with E-state index < -0.39 is 0 Å². The Morgan fingerprint density at radius 2 is 1.65 bits per heavy atom. The lowest BCUT2D eigenvalue weighted by Crippen LogP contribution is -2.18. The molecule has 0 aliphatic rings. The molecule has 0 unspecified atom stereocenters. The van der Waals surface area contributed by atoms with Crippen molar-refractivity contribution in [3.05, 3.63) is 53.6 Å². The Kier molecular flexibility index (Phi) is 5.19. The fourth-order valence-corrected chi connectivity index (χ4v) is 2.04. The van der Waals surface area contributed by atoms with Crippen LogP contribution in [0.5, 0.6) is 11.5 Å². The van der Waals surface area contributed by atoms with Crippen LogP contribution >= 0.6 is 0 Å². The van der Waals surface area contributed by atoms with Crippen molar-refractivity contribution in [3.8, 4) is 11.5 Å². The summed E-state index contributed by atoms with van der Waals surface area (Å²) in [5.41, 5.74) is 1.39. The lowest BCUT2D eigenvalue weighted by molar-refractivity contribution is 0.0962. The molecule has 120 valence electrons. The topological polar surface area (TPSA) is 76.7 Å². The summed E-state index contributed by atoms with van der Waals surface area (Å²) in [6, 6.07) is 11.6. The van der Waals surface area contributed by atoms with Gasteiger partial charge in [0.25, 0.3) is 11.8 Å². The largest absolute Gasteiger partial charge is 0.497 e. The summed E-state index contributed by atoms with van der Waals surface area (Å²) < 4.78 is 10.3. The van der Waals surface area contributed by atoms with E-state index in [1.54, 1.807) is 49.5 Å². The van der Waals surface area contributed by atoms with Crippen molar-refractivity contribution < 1.29 is 19.1 Å². The number of nitrogens with one attached hydrogen (secondary N) is 2. The average Bonchev–Trinajstić information content (AvgIpc) is 2.61. The Morgan fingerprint density at radius 3 is 2.30 bits per heavy atom. The first-order chi connectivity index (χ1) is 11.1. The normalized spacial score (nSPS) is 9.87. The maximum atomic E-state index is 12.3. The van der Waals surface area contributed by atoms with Gasteiger partial charge in [0, 0.05) is 18.2 Å². The molecule has 2 amide bonds. The number of amides is 2. The first-order valence-electron chi connectivity index (χ1n) is 6.94. The molecule has 6 nitrogen and oxygen atoms in total. The molecule has 0 heterocycles. The van der Waals surface area contributed by atoms with Crippen LogP contribution in [0, 0.1) is 0 Å². The maximum Gasteiger partial charge on any atom is 0.255 e. The van der Waals surface area contributed by atoms with Crippen LogP contribution in [0.25, 0.3) is 0 Å². The van der Waals surface area contributed by atoms with Gasteiger partial charge < -0.3 is 20.1 Å². The van der Waals surface area contributed by atoms with E-state index in [0.29, 0.717) is 28.3 Å². The number of ether oxygens (including phenoxy) is 2. The zero-order valence-corrected chi connectivity index (χ0v) is 13.2. The number of methoxy groups -OCH3 is 2. The molecule has 2 aromatic carbocycles. The highest BCUT2D eigenvalue weighted by atomic mass is 16.5. The Labute approximate surface area is 134 Å². The Balaban J connectivity index is 2.24. The second-order valence-corrected chi connectivity index (χ2v) is 4.68. The minimum atomic E-state index is -0.296. The molecule has 2 N–H and O–H groups in total. The minimum Gasteiger partial charge on any atom is -0.497 e. The highest BCUT2D eigenvalue weighted by Gasteiger charge is 2.13. The molecular weight excluding hydrogens is 296 g/mol. The number of benzene rings is 2. The highest BCUT2D eigenvalue weighted by molar-refractivity contribution is 6.05. The monoisotopic (exact) mass is 314 g/mol. The van der Waals surface area contributed by atoms with Gasteiger partial charge in [-0.15, -0.1) is 0 Å². The van der Waals surface area contributed by atoms with Gasteiger partial charge in [0.2, 0.25) is 0 Å². The molecule has 2 aromatic rings. The molecule has 0 aliphatic carbocycles. The lowest BCUT2D eigenvalue weighted by atomic mass is 10.1. The van der Waals surface area contributed by atoms with Crippen LogP contribution in [0.3, 0.4) is 0 Å². The molecule has 0 radical (unpaired) electrons. The Hall–Kier alpha value is -3.02. The van der Waals surface area contributed by atoms with Crippen molar-refractivity contribution in [1.82, 2.24) is 5.32 Å². The third-order valence-corrected chi connectivity index (χ3v) is 3.27. The van der Waals surface area contributed by atoms with Crippen molar-refractivity contribution >= 4 is 17.5 Å². The van der Waals surface area contributed by atoms with Gasteiger partial charge in [-0.3, -0.25) is 9.59 Å². The average molecular weight is 314 g/mol. The van der Waals surface area contributed by atoms with E-state index in [0.717, 1.165) is 0 Å². The third-order valence-electron chi connectivity index (χ3n) is 3.27. The van der Waals surface area contributed by atoms with Crippen molar-refractivity contribution in [2.45, 2.75) is 0 Å². The van der Waals surface area contributed by atoms with Crippen molar-refractivity contribution in [2.24, 2.45) is 0 Å². The molecule has 0 aromatic heterocycles. The molecule has 0 saturated carbocycles. The van der Waals surface area contributed by atoms with Gasteiger partial charge in [-0.25, -0.2) is 0 Å². The third kappa shape index (κ3) is 3.79. The number of carbonyl (C=O) groups excluding carboxylic acids is 2. The number of anilines is 1. The van der Waals surface area contributed by atoms with Gasteiger partial charge in [-0.05, 0) is 36.4 Å². The first-order valence-corrected chi connectivity index (χ1v) is 6.94. The van der Waals surface area contributed by atoms with E-state index in [4.69, 9.17) is 9.47 Å². The molecule has 0 bridgehead atoms. The highest BCUT2D eigenvalue weighted by Crippen LogP contribution is 2.26. The minimum absolute atomic E-state index is 0.228. The van der Waals surface area contributed by atoms with Crippen molar-refractivity contribution in [2.75, 3.05) is 26.6 Å². The quantitative estimate of drug-likeness (QED) is 0.888. The van der Waals surface area contributed by atoms with E-state index in [1.807, 2.05) is 0 Å². The zero-order chi connectivity index (χ0) is 16.8. The summed E-state index contributed by atoms with van der Waals surface area (Å²) in [6.07, 6.45) is 0. The predicted octanol–water partition coefficient (Wildman–Crippen LogP) is 2.32. The first kappa shape index (κ1) is 16.4. The number of carbonyl (C=O) groups is 2. The molecule has 0 saturated heterocycles. The predicted molar refractivity (Wildman–Crippen MR) is 87.3 cm³/mol. The van der Waals surface area contributed by atoms with E-state index in [9.17, 15) is 9.59 Å². The molecule has 6 heteroatoms. The van der Waals surface area contributed by atoms with Crippen LogP contribution in [0.15, 0.2) is 42.5 Å². The molecular formula is C17H18N2O4. The van der Waals surface area contributed by atoms with Gasteiger partial charge in [0.05, 0.1) is 19.9 Å². The summed E-state index contributed by atoms with van der Waals surface area (Å²) in [7, 11) is 4.56. The van der Waals surface area contributed by atoms with Gasteiger partial charge >= 0.3 is 0 Å². The number of rotatable bonds is 5. The van der Waals surface area contributed by atoms with Gasteiger partial charge in [0.15, 0.2) is 0 Å². The SMILES string of the molecule is CNC(=O)c1ccc(NC(=O)c2cccc(OC)c2)c(OC)c1. The van der Waals surface area contributed by atoms with Gasteiger partial charge in [0.1, 0.15) is 11.5 Å². The molecule has 0 spiro atoms. The molecule has 0 atom stereocenters. The summed E-state index contributed by atoms with van der Waals surface area (Å²) in [6.45, 7) is 0. The van der Waals surface area contributed by atoms with Crippen LogP contribution in [0.1, 0.15) is 20.7 Å². The Bertz CT molecular complexity index is 728. The maximum absolute atomic E-state index is 12.3. The second-order valence-electron chi connectivity index (χ2n) is 4.68. The van der Waals surface area contributed by atoms with Gasteiger partial charge in [-0.1, -0.05) is 6.07 Å². The van der Waals surface area contributed by atoms with E-state index >= 15 is 0 Å². The summed E-state index contributed by atoms with van der Waals surface area (Å²) in [5, 5.41) is 5.30. The lowest BCUT2D eigenvalue weighted by Gasteiger charge is -2.12. The van der Waals surface area contributed by atoms with Crippen LogP contribution in [0.2, 0.25) is 0 Å². The molecule has 23 heavy (non-hydrogen) atoms. The summed E-state index contributed by atoms with van der Waals surface area (Å²) in [5.74, 6) is 0.478. The van der Waals surface area contributed by atoms with Gasteiger partial charge in [-0.2, -0.15) is 0 Å². The number of hydrogen-bond donors (Lipinski definition) is 2. The van der Waals surface area contributed by atoms with Crippen LogP contribution < -0.4 is 20.1 Å². The van der Waals surface area contributed by atoms with Crippen molar-refractivity contribution in [1.29, 1.82) is 0 Å². The molecule has 2 rings (SSSR count). The smallest absolute Gasteiger partial charge is 0.255 e. The van der Waals surface area contributed by atoms with Crippen molar-refractivity contribution in [3.63, 3.8) is 0 Å². The summed E-state index contributed by atoms with van der Waals surface area (Å²) in [4.78, 5) is 24.0. The summed E-state index contributed by atoms with van der Waals surface area (Å²) >= 11 is 0.